The minimum absolute atomic E-state index is 0.191. The Kier molecular flexibility index (Phi) is 6.15. The van der Waals surface area contributed by atoms with Gasteiger partial charge in [-0.05, 0) is 32.0 Å². The van der Waals surface area contributed by atoms with Crippen molar-refractivity contribution in [3.05, 3.63) is 46.7 Å². The molecule has 1 N–H and O–H groups in total. The van der Waals surface area contributed by atoms with Gasteiger partial charge in [-0.15, -0.1) is 11.8 Å². The molecular weight excluding hydrogens is 302 g/mol. The smallest absolute Gasteiger partial charge is 0.0834 e. The van der Waals surface area contributed by atoms with Crippen LogP contribution < -0.4 is 5.32 Å². The molecule has 0 bridgehead atoms. The van der Waals surface area contributed by atoms with Crippen LogP contribution in [0.5, 0.6) is 0 Å². The number of rotatable bonds is 7. The summed E-state index contributed by atoms with van der Waals surface area (Å²) in [6.45, 7) is 5.19. The van der Waals surface area contributed by atoms with E-state index in [0.29, 0.717) is 0 Å². The third kappa shape index (κ3) is 4.02. The lowest BCUT2D eigenvalue weighted by molar-refractivity contribution is 0.524. The van der Waals surface area contributed by atoms with Gasteiger partial charge in [-0.3, -0.25) is 4.68 Å². The molecule has 1 aromatic heterocycles. The summed E-state index contributed by atoms with van der Waals surface area (Å²) in [5, 5.41) is 8.49. The van der Waals surface area contributed by atoms with Crippen molar-refractivity contribution in [3.63, 3.8) is 0 Å². The number of aromatic nitrogens is 2. The quantitative estimate of drug-likeness (QED) is 0.770. The van der Waals surface area contributed by atoms with Crippen LogP contribution in [0.4, 0.5) is 0 Å². The van der Waals surface area contributed by atoms with E-state index in [1.165, 1.54) is 10.5 Å². The van der Waals surface area contributed by atoms with Crippen molar-refractivity contribution in [2.24, 2.45) is 0 Å². The van der Waals surface area contributed by atoms with Crippen molar-refractivity contribution in [1.82, 2.24) is 15.1 Å². The Morgan fingerprint density at radius 1 is 1.38 bits per heavy atom. The highest BCUT2D eigenvalue weighted by atomic mass is 35.5. The minimum atomic E-state index is 0.191. The molecule has 1 heterocycles. The van der Waals surface area contributed by atoms with Gasteiger partial charge in [-0.1, -0.05) is 36.7 Å². The average Bonchev–Trinajstić information content (AvgIpc) is 2.84. The van der Waals surface area contributed by atoms with E-state index in [-0.39, 0.29) is 6.04 Å². The van der Waals surface area contributed by atoms with Gasteiger partial charge in [0.25, 0.3) is 0 Å². The van der Waals surface area contributed by atoms with E-state index in [1.54, 1.807) is 6.20 Å². The zero-order chi connectivity index (χ0) is 15.2. The van der Waals surface area contributed by atoms with Crippen LogP contribution in [-0.2, 0) is 6.54 Å². The minimum Gasteiger partial charge on any atom is -0.311 e. The molecule has 0 aliphatic heterocycles. The number of nitrogens with one attached hydrogen (secondary N) is 1. The first-order chi connectivity index (χ1) is 10.2. The summed E-state index contributed by atoms with van der Waals surface area (Å²) in [4.78, 5) is 1.32. The summed E-state index contributed by atoms with van der Waals surface area (Å²) in [5.74, 6) is 0.927. The molecule has 0 amide bonds. The highest BCUT2D eigenvalue weighted by Gasteiger charge is 2.19. The van der Waals surface area contributed by atoms with E-state index in [1.807, 2.05) is 23.5 Å². The molecule has 0 aliphatic carbocycles. The van der Waals surface area contributed by atoms with Gasteiger partial charge in [-0.25, -0.2) is 0 Å². The molecule has 1 unspecified atom stereocenters. The van der Waals surface area contributed by atoms with Gasteiger partial charge in [0.05, 0.1) is 23.0 Å². The van der Waals surface area contributed by atoms with Crippen molar-refractivity contribution in [2.45, 2.75) is 37.8 Å². The van der Waals surface area contributed by atoms with Gasteiger partial charge in [0, 0.05) is 17.2 Å². The first kappa shape index (κ1) is 16.4. The maximum Gasteiger partial charge on any atom is 0.0834 e. The lowest BCUT2D eigenvalue weighted by atomic mass is 10.2. The van der Waals surface area contributed by atoms with Crippen LogP contribution in [0.1, 0.15) is 30.6 Å². The lowest BCUT2D eigenvalue weighted by Gasteiger charge is -2.18. The second-order valence-corrected chi connectivity index (χ2v) is 6.49. The Bertz CT molecular complexity index is 583. The summed E-state index contributed by atoms with van der Waals surface area (Å²) in [6.07, 6.45) is 2.79. The number of thioether (sulfide) groups is 1. The molecule has 0 aliphatic rings. The summed E-state index contributed by atoms with van der Waals surface area (Å²) >= 11 is 8.19. The number of halogens is 1. The van der Waals surface area contributed by atoms with E-state index in [0.717, 1.165) is 29.4 Å². The van der Waals surface area contributed by atoms with Crippen LogP contribution in [0, 0.1) is 6.92 Å². The van der Waals surface area contributed by atoms with Gasteiger partial charge in [0.15, 0.2) is 0 Å². The molecule has 21 heavy (non-hydrogen) atoms. The number of hydrogen-bond acceptors (Lipinski definition) is 3. The molecule has 3 nitrogen and oxygen atoms in total. The van der Waals surface area contributed by atoms with Gasteiger partial charge in [0.1, 0.15) is 0 Å². The molecule has 1 aromatic carbocycles. The third-order valence-electron chi connectivity index (χ3n) is 3.45. The second-order valence-electron chi connectivity index (χ2n) is 5.02. The SMILES string of the molecule is CCCn1ncc(Cl)c1C(CSc1ccccc1C)NC. The largest absolute Gasteiger partial charge is 0.311 e. The summed E-state index contributed by atoms with van der Waals surface area (Å²) < 4.78 is 2.02. The highest BCUT2D eigenvalue weighted by Crippen LogP contribution is 2.30. The first-order valence-corrected chi connectivity index (χ1v) is 8.60. The Hall–Kier alpha value is -0.970. The maximum absolute atomic E-state index is 6.33. The zero-order valence-electron chi connectivity index (χ0n) is 12.8. The van der Waals surface area contributed by atoms with Crippen LogP contribution in [0.25, 0.3) is 0 Å². The first-order valence-electron chi connectivity index (χ1n) is 7.24. The number of aryl methyl sites for hydroxylation is 2. The molecule has 2 rings (SSSR count). The summed E-state index contributed by atoms with van der Waals surface area (Å²) in [5.41, 5.74) is 2.40. The van der Waals surface area contributed by atoms with Gasteiger partial charge in [0.2, 0.25) is 0 Å². The molecule has 0 saturated carbocycles. The summed E-state index contributed by atoms with van der Waals surface area (Å²) in [6, 6.07) is 8.65. The lowest BCUT2D eigenvalue weighted by Crippen LogP contribution is -2.23. The van der Waals surface area contributed by atoms with Gasteiger partial charge >= 0.3 is 0 Å². The molecule has 0 spiro atoms. The molecule has 1 atom stereocenters. The topological polar surface area (TPSA) is 29.9 Å². The van der Waals surface area contributed by atoms with E-state index in [2.05, 4.69) is 48.5 Å². The van der Waals surface area contributed by atoms with E-state index in [9.17, 15) is 0 Å². The van der Waals surface area contributed by atoms with Crippen LogP contribution in [0.3, 0.4) is 0 Å². The van der Waals surface area contributed by atoms with Crippen molar-refractivity contribution < 1.29 is 0 Å². The normalized spacial score (nSPS) is 12.6. The fourth-order valence-electron chi connectivity index (χ4n) is 2.30. The predicted molar refractivity (Wildman–Crippen MR) is 91.2 cm³/mol. The van der Waals surface area contributed by atoms with E-state index in [4.69, 9.17) is 11.6 Å². The van der Waals surface area contributed by atoms with Crippen molar-refractivity contribution in [2.75, 3.05) is 12.8 Å². The molecule has 114 valence electrons. The van der Waals surface area contributed by atoms with Crippen LogP contribution >= 0.6 is 23.4 Å². The monoisotopic (exact) mass is 323 g/mol. The molecule has 0 fully saturated rings. The number of nitrogens with zero attached hydrogens (tertiary/aromatic N) is 2. The molecule has 0 saturated heterocycles. The van der Waals surface area contributed by atoms with Crippen molar-refractivity contribution in [3.8, 4) is 0 Å². The van der Waals surface area contributed by atoms with Crippen LogP contribution in [0.2, 0.25) is 5.02 Å². The Labute approximate surface area is 136 Å². The van der Waals surface area contributed by atoms with Crippen LogP contribution in [-0.4, -0.2) is 22.6 Å². The number of benzene rings is 1. The third-order valence-corrected chi connectivity index (χ3v) is 5.01. The molecule has 5 heteroatoms. The standard InChI is InChI=1S/C16H22ClN3S/c1-4-9-20-16(13(17)10-19-20)14(18-3)11-21-15-8-6-5-7-12(15)2/h5-8,10,14,18H,4,9,11H2,1-3H3. The maximum atomic E-state index is 6.33. The molecule has 2 aromatic rings. The highest BCUT2D eigenvalue weighted by molar-refractivity contribution is 7.99. The summed E-state index contributed by atoms with van der Waals surface area (Å²) in [7, 11) is 1.97. The van der Waals surface area contributed by atoms with Crippen LogP contribution in [0.15, 0.2) is 35.4 Å². The predicted octanol–water partition coefficient (Wildman–Crippen LogP) is 4.31. The fraction of sp³-hybridized carbons (Fsp3) is 0.438. The fourth-order valence-corrected chi connectivity index (χ4v) is 3.71. The Morgan fingerprint density at radius 3 is 2.81 bits per heavy atom. The molecular formula is C16H22ClN3S. The average molecular weight is 324 g/mol. The van der Waals surface area contributed by atoms with Gasteiger partial charge in [-0.2, -0.15) is 5.10 Å². The van der Waals surface area contributed by atoms with Crippen molar-refractivity contribution >= 4 is 23.4 Å². The van der Waals surface area contributed by atoms with E-state index < -0.39 is 0 Å². The Morgan fingerprint density at radius 2 is 2.14 bits per heavy atom. The number of hydrogen-bond donors (Lipinski definition) is 1. The van der Waals surface area contributed by atoms with Gasteiger partial charge < -0.3 is 5.32 Å². The van der Waals surface area contributed by atoms with Crippen molar-refractivity contribution in [1.29, 1.82) is 0 Å². The zero-order valence-corrected chi connectivity index (χ0v) is 14.3. The van der Waals surface area contributed by atoms with E-state index >= 15 is 0 Å². The molecule has 0 radical (unpaired) electrons. The Balaban J connectivity index is 2.13. The second kappa shape index (κ2) is 7.87.